The molecule has 0 saturated heterocycles. The van der Waals surface area contributed by atoms with Crippen molar-refractivity contribution in [3.63, 3.8) is 0 Å². The number of pyridine rings is 1. The summed E-state index contributed by atoms with van der Waals surface area (Å²) < 4.78 is 5.85. The van der Waals surface area contributed by atoms with Gasteiger partial charge >= 0.3 is 6.09 Å². The summed E-state index contributed by atoms with van der Waals surface area (Å²) in [4.78, 5) is 15.7. The Morgan fingerprint density at radius 3 is 2.78 bits per heavy atom. The number of aromatic nitrogens is 1. The molecule has 1 aromatic rings. The lowest BCUT2D eigenvalue weighted by molar-refractivity contribution is 0.0480. The summed E-state index contributed by atoms with van der Waals surface area (Å²) in [6.45, 7) is 5.07. The Bertz CT molecular complexity index is 418. The number of halogens is 1. The van der Waals surface area contributed by atoms with E-state index >= 15 is 0 Å². The molecule has 0 aliphatic rings. The molecule has 0 fully saturated rings. The summed E-state index contributed by atoms with van der Waals surface area (Å²) in [7, 11) is 0. The van der Waals surface area contributed by atoms with E-state index in [-0.39, 0.29) is 6.61 Å². The molecule has 0 aromatic carbocycles. The van der Waals surface area contributed by atoms with E-state index in [1.807, 2.05) is 0 Å². The van der Waals surface area contributed by atoms with Gasteiger partial charge in [0.05, 0.1) is 18.3 Å². The molecule has 100 valence electrons. The Balaban J connectivity index is 2.74. The lowest BCUT2D eigenvalue weighted by Crippen LogP contribution is -2.36. The Labute approximate surface area is 115 Å². The van der Waals surface area contributed by atoms with Crippen molar-refractivity contribution >= 4 is 22.0 Å². The van der Waals surface area contributed by atoms with Crippen LogP contribution in [-0.2, 0) is 4.74 Å². The topological polar surface area (TPSA) is 71.5 Å². The van der Waals surface area contributed by atoms with Gasteiger partial charge in [-0.05, 0) is 48.8 Å². The van der Waals surface area contributed by atoms with E-state index in [4.69, 9.17) is 4.74 Å². The van der Waals surface area contributed by atoms with Gasteiger partial charge in [-0.2, -0.15) is 0 Å². The zero-order chi connectivity index (χ0) is 13.8. The van der Waals surface area contributed by atoms with E-state index in [1.54, 1.807) is 39.1 Å². The molecular weight excluding hydrogens is 300 g/mol. The fraction of sp³-hybridized carbons (Fsp3) is 0.500. The zero-order valence-electron chi connectivity index (χ0n) is 10.6. The minimum atomic E-state index is -0.601. The van der Waals surface area contributed by atoms with Crippen LogP contribution in [0.1, 0.15) is 32.5 Å². The van der Waals surface area contributed by atoms with Crippen LogP contribution >= 0.6 is 15.9 Å². The maximum Gasteiger partial charge on any atom is 0.408 e. The fourth-order valence-corrected chi connectivity index (χ4v) is 1.84. The van der Waals surface area contributed by atoms with E-state index in [1.165, 1.54) is 0 Å². The first-order valence-electron chi connectivity index (χ1n) is 5.54. The van der Waals surface area contributed by atoms with E-state index in [0.717, 1.165) is 4.47 Å². The molecule has 0 spiro atoms. The van der Waals surface area contributed by atoms with Gasteiger partial charge in [-0.15, -0.1) is 0 Å². The molecule has 6 heteroatoms. The fourth-order valence-electron chi connectivity index (χ4n) is 1.30. The molecule has 1 heterocycles. The Hall–Kier alpha value is -1.14. The van der Waals surface area contributed by atoms with Crippen molar-refractivity contribution in [2.45, 2.75) is 32.4 Å². The lowest BCUT2D eigenvalue weighted by atomic mass is 10.2. The second kappa shape index (κ2) is 6.15. The highest BCUT2D eigenvalue weighted by Gasteiger charge is 2.21. The predicted molar refractivity (Wildman–Crippen MR) is 71.1 cm³/mol. The van der Waals surface area contributed by atoms with E-state index in [2.05, 4.69) is 26.2 Å². The van der Waals surface area contributed by atoms with E-state index in [9.17, 15) is 9.90 Å². The number of nitrogens with one attached hydrogen (secondary N) is 1. The standard InChI is InChI=1S/C12H17BrN2O3/c1-12(2,3)18-11(17)15-9(7-16)10-8(13)5-4-6-14-10/h4-6,9,16H,7H2,1-3H3,(H,15,17)/t9-/m0/s1. The average Bonchev–Trinajstić information content (AvgIpc) is 2.24. The van der Waals surface area contributed by atoms with Crippen LogP contribution in [0.3, 0.4) is 0 Å². The number of ether oxygens (including phenoxy) is 1. The molecule has 1 amide bonds. The summed E-state index contributed by atoms with van der Waals surface area (Å²) in [5.41, 5.74) is -0.0170. The minimum absolute atomic E-state index is 0.255. The number of hydrogen-bond acceptors (Lipinski definition) is 4. The van der Waals surface area contributed by atoms with Crippen molar-refractivity contribution in [3.8, 4) is 0 Å². The average molecular weight is 317 g/mol. The third kappa shape index (κ3) is 4.62. The first-order valence-corrected chi connectivity index (χ1v) is 6.33. The highest BCUT2D eigenvalue weighted by atomic mass is 79.9. The second-order valence-electron chi connectivity index (χ2n) is 4.75. The Morgan fingerprint density at radius 1 is 1.61 bits per heavy atom. The molecule has 0 saturated carbocycles. The molecule has 0 radical (unpaired) electrons. The van der Waals surface area contributed by atoms with Crippen LogP contribution in [0.25, 0.3) is 0 Å². The molecule has 18 heavy (non-hydrogen) atoms. The summed E-state index contributed by atoms with van der Waals surface area (Å²) in [5, 5.41) is 11.9. The number of carbonyl (C=O) groups is 1. The van der Waals surface area contributed by atoms with Gasteiger partial charge in [-0.1, -0.05) is 0 Å². The molecule has 0 aliphatic carbocycles. The van der Waals surface area contributed by atoms with Crippen LogP contribution in [0, 0.1) is 0 Å². The number of alkyl carbamates (subject to hydrolysis) is 1. The summed E-state index contributed by atoms with van der Waals surface area (Å²) in [6.07, 6.45) is 1.01. The normalized spacial score (nSPS) is 12.9. The van der Waals surface area contributed by atoms with Crippen molar-refractivity contribution in [1.82, 2.24) is 10.3 Å². The number of nitrogens with zero attached hydrogens (tertiary/aromatic N) is 1. The van der Waals surface area contributed by atoms with Gasteiger partial charge in [0.2, 0.25) is 0 Å². The van der Waals surface area contributed by atoms with Crippen LogP contribution in [0.4, 0.5) is 4.79 Å². The largest absolute Gasteiger partial charge is 0.444 e. The molecular formula is C12H17BrN2O3. The van der Waals surface area contributed by atoms with Gasteiger partial charge in [-0.3, -0.25) is 4.98 Å². The first kappa shape index (κ1) is 14.9. The quantitative estimate of drug-likeness (QED) is 0.898. The van der Waals surface area contributed by atoms with Gasteiger partial charge in [0.15, 0.2) is 0 Å². The maximum absolute atomic E-state index is 11.6. The Morgan fingerprint density at radius 2 is 2.28 bits per heavy atom. The van der Waals surface area contributed by atoms with Crippen LogP contribution in [0.15, 0.2) is 22.8 Å². The lowest BCUT2D eigenvalue weighted by Gasteiger charge is -2.22. The molecule has 2 N–H and O–H groups in total. The van der Waals surface area contributed by atoms with E-state index < -0.39 is 17.7 Å². The molecule has 1 rings (SSSR count). The van der Waals surface area contributed by atoms with Crippen molar-refractivity contribution in [2.75, 3.05) is 6.61 Å². The third-order valence-electron chi connectivity index (χ3n) is 1.99. The number of aliphatic hydroxyl groups is 1. The van der Waals surface area contributed by atoms with Crippen LogP contribution in [-0.4, -0.2) is 28.4 Å². The zero-order valence-corrected chi connectivity index (χ0v) is 12.2. The number of hydrogen-bond donors (Lipinski definition) is 2. The van der Waals surface area contributed by atoms with Crippen molar-refractivity contribution in [3.05, 3.63) is 28.5 Å². The SMILES string of the molecule is CC(C)(C)OC(=O)N[C@@H](CO)c1ncccc1Br. The Kier molecular flexibility index (Phi) is 5.10. The summed E-state index contributed by atoms with van der Waals surface area (Å²) >= 11 is 3.32. The molecule has 0 unspecified atom stereocenters. The minimum Gasteiger partial charge on any atom is -0.444 e. The van der Waals surface area contributed by atoms with Gasteiger partial charge < -0.3 is 15.2 Å². The molecule has 5 nitrogen and oxygen atoms in total. The third-order valence-corrected chi connectivity index (χ3v) is 2.66. The smallest absolute Gasteiger partial charge is 0.408 e. The number of aliphatic hydroxyl groups excluding tert-OH is 1. The molecule has 0 bridgehead atoms. The van der Waals surface area contributed by atoms with Crippen molar-refractivity contribution in [1.29, 1.82) is 0 Å². The summed E-state index contributed by atoms with van der Waals surface area (Å²) in [6, 6.07) is 2.95. The summed E-state index contributed by atoms with van der Waals surface area (Å²) in [5.74, 6) is 0. The van der Waals surface area contributed by atoms with Gasteiger partial charge in [0, 0.05) is 10.7 Å². The molecule has 0 aliphatic heterocycles. The number of amides is 1. The van der Waals surface area contributed by atoms with Gasteiger partial charge in [-0.25, -0.2) is 4.79 Å². The van der Waals surface area contributed by atoms with Crippen LogP contribution < -0.4 is 5.32 Å². The molecule has 1 atom stereocenters. The highest BCUT2D eigenvalue weighted by Crippen LogP contribution is 2.20. The molecule has 1 aromatic heterocycles. The maximum atomic E-state index is 11.6. The van der Waals surface area contributed by atoms with Gasteiger partial charge in [0.25, 0.3) is 0 Å². The monoisotopic (exact) mass is 316 g/mol. The van der Waals surface area contributed by atoms with Crippen LogP contribution in [0.2, 0.25) is 0 Å². The van der Waals surface area contributed by atoms with Crippen molar-refractivity contribution in [2.24, 2.45) is 0 Å². The second-order valence-corrected chi connectivity index (χ2v) is 5.61. The first-order chi connectivity index (χ1) is 8.33. The number of carbonyl (C=O) groups excluding carboxylic acids is 1. The van der Waals surface area contributed by atoms with Crippen LogP contribution in [0.5, 0.6) is 0 Å². The van der Waals surface area contributed by atoms with Crippen molar-refractivity contribution < 1.29 is 14.6 Å². The predicted octanol–water partition coefficient (Wildman–Crippen LogP) is 2.40. The highest BCUT2D eigenvalue weighted by molar-refractivity contribution is 9.10. The van der Waals surface area contributed by atoms with Gasteiger partial charge in [0.1, 0.15) is 5.60 Å². The number of rotatable bonds is 3. The van der Waals surface area contributed by atoms with E-state index in [0.29, 0.717) is 5.69 Å².